The van der Waals surface area contributed by atoms with Crippen LogP contribution in [0.5, 0.6) is 11.6 Å². The minimum absolute atomic E-state index is 0.0627. The lowest BCUT2D eigenvalue weighted by Crippen LogP contribution is -2.49. The largest absolute Gasteiger partial charge is 0.484 e. The SMILES string of the molecule is Cc1nc(N[C@@H]2CCN(C(=O)OC(C)(C)C)[C@@H](C)C2)nc2ccc(-c3ccnc4c3OCCO4)cc12. The van der Waals surface area contributed by atoms with Crippen LogP contribution in [-0.2, 0) is 4.74 Å². The number of fused-ring (bicyclic) bond motifs is 2. The van der Waals surface area contributed by atoms with Gasteiger partial charge in [0.1, 0.15) is 18.8 Å². The number of rotatable bonds is 3. The molecule has 5 rings (SSSR count). The second-order valence-electron chi connectivity index (χ2n) is 10.4. The van der Waals surface area contributed by atoms with Gasteiger partial charge in [-0.05, 0) is 71.2 Å². The number of aromatic nitrogens is 3. The molecule has 4 heterocycles. The van der Waals surface area contributed by atoms with Crippen molar-refractivity contribution in [2.24, 2.45) is 0 Å². The molecule has 1 saturated heterocycles. The van der Waals surface area contributed by atoms with Crippen LogP contribution in [0.2, 0.25) is 0 Å². The van der Waals surface area contributed by atoms with Crippen molar-refractivity contribution in [3.8, 4) is 22.8 Å². The number of nitrogens with zero attached hydrogens (tertiary/aromatic N) is 4. The van der Waals surface area contributed by atoms with Gasteiger partial charge in [-0.25, -0.2) is 19.7 Å². The van der Waals surface area contributed by atoms with Crippen LogP contribution in [0.4, 0.5) is 10.7 Å². The minimum atomic E-state index is -0.500. The van der Waals surface area contributed by atoms with Crippen molar-refractivity contribution in [1.82, 2.24) is 19.9 Å². The molecule has 2 aromatic heterocycles. The van der Waals surface area contributed by atoms with E-state index in [-0.39, 0.29) is 18.2 Å². The number of carbonyl (C=O) groups is 1. The molecule has 9 nitrogen and oxygen atoms in total. The maximum atomic E-state index is 12.5. The number of aryl methyl sites for hydroxylation is 1. The van der Waals surface area contributed by atoms with Gasteiger partial charge in [0.25, 0.3) is 5.88 Å². The molecule has 0 unspecified atom stereocenters. The van der Waals surface area contributed by atoms with Gasteiger partial charge in [0.15, 0.2) is 5.75 Å². The van der Waals surface area contributed by atoms with E-state index in [1.165, 1.54) is 0 Å². The smallest absolute Gasteiger partial charge is 0.410 e. The van der Waals surface area contributed by atoms with E-state index < -0.39 is 5.60 Å². The van der Waals surface area contributed by atoms with Crippen LogP contribution >= 0.6 is 0 Å². The molecular weight excluding hydrogens is 458 g/mol. The van der Waals surface area contributed by atoms with Crippen molar-refractivity contribution in [3.63, 3.8) is 0 Å². The molecule has 0 aliphatic carbocycles. The van der Waals surface area contributed by atoms with E-state index in [9.17, 15) is 4.79 Å². The molecule has 1 amide bonds. The summed E-state index contributed by atoms with van der Waals surface area (Å²) in [6.45, 7) is 11.4. The lowest BCUT2D eigenvalue weighted by Gasteiger charge is -2.38. The number of pyridine rings is 1. The Morgan fingerprint density at radius 1 is 1.17 bits per heavy atom. The molecule has 2 aliphatic heterocycles. The number of likely N-dealkylation sites (tertiary alicyclic amines) is 1. The van der Waals surface area contributed by atoms with E-state index in [0.29, 0.717) is 37.3 Å². The third kappa shape index (κ3) is 5.01. The molecule has 1 N–H and O–H groups in total. The molecule has 0 bridgehead atoms. The Hall–Kier alpha value is -3.62. The highest BCUT2D eigenvalue weighted by Crippen LogP contribution is 2.39. The summed E-state index contributed by atoms with van der Waals surface area (Å²) < 4.78 is 17.0. The van der Waals surface area contributed by atoms with Crippen LogP contribution in [-0.4, -0.2) is 63.4 Å². The Kier molecular flexibility index (Phi) is 6.32. The highest BCUT2D eigenvalue weighted by atomic mass is 16.6. The first kappa shape index (κ1) is 24.1. The maximum Gasteiger partial charge on any atom is 0.410 e. The van der Waals surface area contributed by atoms with Crippen molar-refractivity contribution in [3.05, 3.63) is 36.2 Å². The van der Waals surface area contributed by atoms with Gasteiger partial charge >= 0.3 is 6.09 Å². The summed E-state index contributed by atoms with van der Waals surface area (Å²) >= 11 is 0. The van der Waals surface area contributed by atoms with E-state index in [1.807, 2.05) is 50.8 Å². The monoisotopic (exact) mass is 491 g/mol. The Balaban J connectivity index is 1.32. The Labute approximate surface area is 211 Å². The fourth-order valence-corrected chi connectivity index (χ4v) is 4.77. The minimum Gasteiger partial charge on any atom is -0.484 e. The molecule has 0 spiro atoms. The summed E-state index contributed by atoms with van der Waals surface area (Å²) in [4.78, 5) is 28.2. The number of carbonyl (C=O) groups excluding carboxylic acids is 1. The molecule has 9 heteroatoms. The average molecular weight is 492 g/mol. The summed E-state index contributed by atoms with van der Waals surface area (Å²) in [6, 6.07) is 8.31. The molecule has 190 valence electrons. The number of ether oxygens (including phenoxy) is 3. The summed E-state index contributed by atoms with van der Waals surface area (Å²) in [6.07, 6.45) is 3.08. The molecule has 0 saturated carbocycles. The fraction of sp³-hybridized carbons (Fsp3) is 0.481. The third-order valence-electron chi connectivity index (χ3n) is 6.48. The summed E-state index contributed by atoms with van der Waals surface area (Å²) in [5, 5.41) is 4.47. The zero-order chi connectivity index (χ0) is 25.4. The average Bonchev–Trinajstić information content (AvgIpc) is 2.82. The molecule has 3 aromatic rings. The lowest BCUT2D eigenvalue weighted by molar-refractivity contribution is 0.0112. The van der Waals surface area contributed by atoms with E-state index in [1.54, 1.807) is 6.20 Å². The first-order valence-electron chi connectivity index (χ1n) is 12.5. The number of anilines is 1. The zero-order valence-corrected chi connectivity index (χ0v) is 21.5. The molecule has 2 atom stereocenters. The molecule has 0 radical (unpaired) electrons. The van der Waals surface area contributed by atoms with Crippen LogP contribution in [0.15, 0.2) is 30.5 Å². The topological polar surface area (TPSA) is 98.7 Å². The number of amides is 1. The van der Waals surface area contributed by atoms with Crippen LogP contribution in [0.1, 0.15) is 46.2 Å². The summed E-state index contributed by atoms with van der Waals surface area (Å²) in [7, 11) is 0. The molecular formula is C27H33N5O4. The van der Waals surface area contributed by atoms with Gasteiger partial charge in [0, 0.05) is 35.8 Å². The van der Waals surface area contributed by atoms with Crippen LogP contribution in [0.25, 0.3) is 22.0 Å². The second-order valence-corrected chi connectivity index (χ2v) is 10.4. The Bertz CT molecular complexity index is 1290. The highest BCUT2D eigenvalue weighted by Gasteiger charge is 2.32. The van der Waals surface area contributed by atoms with E-state index in [4.69, 9.17) is 24.2 Å². The van der Waals surface area contributed by atoms with Crippen LogP contribution in [0.3, 0.4) is 0 Å². The first-order valence-corrected chi connectivity index (χ1v) is 12.5. The van der Waals surface area contributed by atoms with Gasteiger partial charge in [0.05, 0.1) is 11.2 Å². The van der Waals surface area contributed by atoms with Gasteiger partial charge < -0.3 is 24.4 Å². The fourth-order valence-electron chi connectivity index (χ4n) is 4.77. The number of hydrogen-bond acceptors (Lipinski definition) is 8. The lowest BCUT2D eigenvalue weighted by atomic mass is 9.99. The van der Waals surface area contributed by atoms with E-state index >= 15 is 0 Å². The highest BCUT2D eigenvalue weighted by molar-refractivity contribution is 5.88. The van der Waals surface area contributed by atoms with Crippen molar-refractivity contribution in [2.75, 3.05) is 25.1 Å². The van der Waals surface area contributed by atoms with Crippen LogP contribution < -0.4 is 14.8 Å². The van der Waals surface area contributed by atoms with Gasteiger partial charge in [-0.3, -0.25) is 0 Å². The predicted molar refractivity (Wildman–Crippen MR) is 138 cm³/mol. The van der Waals surface area contributed by atoms with Gasteiger partial charge in [-0.1, -0.05) is 6.07 Å². The first-order chi connectivity index (χ1) is 17.2. The van der Waals surface area contributed by atoms with E-state index in [0.717, 1.165) is 40.6 Å². The number of nitrogens with one attached hydrogen (secondary N) is 1. The molecule has 1 fully saturated rings. The number of benzene rings is 1. The summed E-state index contributed by atoms with van der Waals surface area (Å²) in [5.74, 6) is 1.80. The van der Waals surface area contributed by atoms with Crippen molar-refractivity contribution in [1.29, 1.82) is 0 Å². The van der Waals surface area contributed by atoms with E-state index in [2.05, 4.69) is 23.3 Å². The van der Waals surface area contributed by atoms with Crippen molar-refractivity contribution < 1.29 is 19.0 Å². The Morgan fingerprint density at radius 3 is 2.75 bits per heavy atom. The van der Waals surface area contributed by atoms with Gasteiger partial charge in [0.2, 0.25) is 5.95 Å². The normalized spacial score (nSPS) is 19.8. The number of hydrogen-bond donors (Lipinski definition) is 1. The molecule has 1 aromatic carbocycles. The van der Waals surface area contributed by atoms with Gasteiger partial charge in [-0.2, -0.15) is 0 Å². The standard InChI is InChI=1S/C27H33N5O4/c1-16-14-19(9-11-32(16)26(33)36-27(3,4)5)30-25-29-17(2)21-15-18(6-7-22(21)31-25)20-8-10-28-24-23(20)34-12-13-35-24/h6-8,10,15-16,19H,9,11-14H2,1-5H3,(H,29,30,31)/t16-,19+/m0/s1. The van der Waals surface area contributed by atoms with Gasteiger partial charge in [-0.15, -0.1) is 0 Å². The molecule has 36 heavy (non-hydrogen) atoms. The second kappa shape index (κ2) is 9.44. The van der Waals surface area contributed by atoms with Crippen LogP contribution in [0, 0.1) is 6.92 Å². The zero-order valence-electron chi connectivity index (χ0n) is 21.5. The maximum absolute atomic E-state index is 12.5. The third-order valence-corrected chi connectivity index (χ3v) is 6.48. The predicted octanol–water partition coefficient (Wildman–Crippen LogP) is 4.97. The quantitative estimate of drug-likeness (QED) is 0.548. The summed E-state index contributed by atoms with van der Waals surface area (Å²) in [5.41, 5.74) is 3.20. The Morgan fingerprint density at radius 2 is 1.97 bits per heavy atom. The van der Waals surface area contributed by atoms with Crippen molar-refractivity contribution in [2.45, 2.75) is 65.1 Å². The number of piperidine rings is 1. The van der Waals surface area contributed by atoms with Crippen molar-refractivity contribution >= 4 is 22.9 Å². The molecule has 2 aliphatic rings.